The minimum Gasteiger partial charge on any atom is -0.495 e. The van der Waals surface area contributed by atoms with Gasteiger partial charge in [0, 0.05) is 0 Å². The molecule has 0 aliphatic rings. The highest BCUT2D eigenvalue weighted by Gasteiger charge is 2.23. The van der Waals surface area contributed by atoms with Crippen LogP contribution in [0.5, 0.6) is 5.75 Å². The summed E-state index contributed by atoms with van der Waals surface area (Å²) in [4.78, 5) is 12.1. The zero-order valence-corrected chi connectivity index (χ0v) is 15.0. The van der Waals surface area contributed by atoms with Gasteiger partial charge in [0.05, 0.1) is 25.3 Å². The fraction of sp³-hybridized carbons (Fsp3) is 0.176. The zero-order chi connectivity index (χ0) is 19.2. The maximum Gasteiger partial charge on any atom is 0.260 e. The predicted octanol–water partition coefficient (Wildman–Crippen LogP) is 1.75. The molecule has 9 heteroatoms. The van der Waals surface area contributed by atoms with Gasteiger partial charge in [0.25, 0.3) is 5.91 Å². The van der Waals surface area contributed by atoms with E-state index in [4.69, 9.17) is 4.74 Å². The topological polar surface area (TPSA) is 88.1 Å². The van der Waals surface area contributed by atoms with Crippen LogP contribution in [0.1, 0.15) is 5.56 Å². The van der Waals surface area contributed by atoms with Crippen LogP contribution in [-0.4, -0.2) is 40.4 Å². The number of carbonyl (C=O) groups is 1. The summed E-state index contributed by atoms with van der Waals surface area (Å²) in [5.41, 5.74) is 3.07. The van der Waals surface area contributed by atoms with Gasteiger partial charge in [-0.1, -0.05) is 24.3 Å². The quantitative estimate of drug-likeness (QED) is 0.586. The number of hydrogen-bond acceptors (Lipinski definition) is 5. The number of sulfonamides is 1. The lowest BCUT2D eigenvalue weighted by Gasteiger charge is -2.23. The van der Waals surface area contributed by atoms with Crippen molar-refractivity contribution < 1.29 is 22.3 Å². The van der Waals surface area contributed by atoms with Crippen molar-refractivity contribution in [1.29, 1.82) is 0 Å². The fourth-order valence-corrected chi connectivity index (χ4v) is 2.97. The number of carbonyl (C=O) groups excluding carboxylic acids is 1. The van der Waals surface area contributed by atoms with Crippen LogP contribution in [0.4, 0.5) is 10.1 Å². The maximum atomic E-state index is 12.8. The van der Waals surface area contributed by atoms with Crippen molar-refractivity contribution in [2.45, 2.75) is 0 Å². The first-order valence-electron chi connectivity index (χ1n) is 7.49. The van der Waals surface area contributed by atoms with Crippen LogP contribution in [0, 0.1) is 5.82 Å². The molecule has 0 heterocycles. The van der Waals surface area contributed by atoms with Crippen LogP contribution in [0.15, 0.2) is 53.6 Å². The summed E-state index contributed by atoms with van der Waals surface area (Å²) in [5, 5.41) is 3.74. The summed E-state index contributed by atoms with van der Waals surface area (Å²) >= 11 is 0. The Labute approximate surface area is 151 Å². The molecule has 0 atom stereocenters. The van der Waals surface area contributed by atoms with Crippen LogP contribution >= 0.6 is 0 Å². The summed E-state index contributed by atoms with van der Waals surface area (Å²) in [6.07, 6.45) is 2.32. The van der Waals surface area contributed by atoms with Gasteiger partial charge in [-0.25, -0.2) is 18.2 Å². The smallest absolute Gasteiger partial charge is 0.260 e. The Morgan fingerprint density at radius 1 is 1.23 bits per heavy atom. The van der Waals surface area contributed by atoms with Crippen molar-refractivity contribution in [1.82, 2.24) is 5.43 Å². The van der Waals surface area contributed by atoms with Crippen LogP contribution in [0.2, 0.25) is 0 Å². The molecule has 0 fully saturated rings. The number of halogens is 1. The Bertz CT molecular complexity index is 898. The molecule has 0 bridgehead atoms. The molecule has 0 spiro atoms. The highest BCUT2D eigenvalue weighted by molar-refractivity contribution is 7.92. The molecule has 0 aliphatic heterocycles. The van der Waals surface area contributed by atoms with E-state index in [2.05, 4.69) is 10.5 Å². The molecule has 2 rings (SSSR count). The highest BCUT2D eigenvalue weighted by atomic mass is 32.2. The van der Waals surface area contributed by atoms with E-state index in [9.17, 15) is 17.6 Å². The van der Waals surface area contributed by atoms with E-state index in [1.807, 2.05) is 0 Å². The average molecular weight is 379 g/mol. The molecule has 0 saturated carbocycles. The zero-order valence-electron chi connectivity index (χ0n) is 14.2. The summed E-state index contributed by atoms with van der Waals surface area (Å²) in [5.74, 6) is -0.702. The number of ether oxygens (including phenoxy) is 1. The van der Waals surface area contributed by atoms with Crippen molar-refractivity contribution in [3.05, 3.63) is 59.9 Å². The van der Waals surface area contributed by atoms with E-state index >= 15 is 0 Å². The van der Waals surface area contributed by atoms with Crippen molar-refractivity contribution >= 4 is 27.8 Å². The Balaban J connectivity index is 2.11. The van der Waals surface area contributed by atoms with Gasteiger partial charge < -0.3 is 4.74 Å². The lowest BCUT2D eigenvalue weighted by molar-refractivity contribution is -0.119. The van der Waals surface area contributed by atoms with E-state index in [1.54, 1.807) is 18.2 Å². The third kappa shape index (κ3) is 5.28. The molecule has 2 aromatic rings. The number of methoxy groups -OCH3 is 1. The first-order chi connectivity index (χ1) is 12.3. The molecule has 0 saturated heterocycles. The van der Waals surface area contributed by atoms with Crippen LogP contribution in [0.3, 0.4) is 0 Å². The number of benzene rings is 2. The molecule has 0 unspecified atom stereocenters. The number of anilines is 1. The molecular formula is C17H18FN3O4S. The predicted molar refractivity (Wildman–Crippen MR) is 97.3 cm³/mol. The molecule has 0 aliphatic carbocycles. The van der Waals surface area contributed by atoms with E-state index in [0.29, 0.717) is 11.3 Å². The molecule has 7 nitrogen and oxygen atoms in total. The molecule has 1 N–H and O–H groups in total. The summed E-state index contributed by atoms with van der Waals surface area (Å²) in [7, 11) is -2.32. The van der Waals surface area contributed by atoms with Gasteiger partial charge in [0.15, 0.2) is 0 Å². The van der Waals surface area contributed by atoms with Gasteiger partial charge in [-0.15, -0.1) is 0 Å². The van der Waals surface area contributed by atoms with E-state index < -0.39 is 22.5 Å². The Morgan fingerprint density at radius 3 is 2.50 bits per heavy atom. The first-order valence-corrected chi connectivity index (χ1v) is 9.34. The number of para-hydroxylation sites is 2. The molecule has 138 valence electrons. The van der Waals surface area contributed by atoms with E-state index in [-0.39, 0.29) is 11.5 Å². The molecular weight excluding hydrogens is 361 g/mol. The average Bonchev–Trinajstić information content (AvgIpc) is 2.60. The van der Waals surface area contributed by atoms with Gasteiger partial charge in [-0.3, -0.25) is 9.10 Å². The van der Waals surface area contributed by atoms with Gasteiger partial charge in [0.1, 0.15) is 18.1 Å². The molecule has 1 amide bonds. The highest BCUT2D eigenvalue weighted by Crippen LogP contribution is 2.29. The second kappa shape index (κ2) is 8.43. The maximum absolute atomic E-state index is 12.8. The van der Waals surface area contributed by atoms with Crippen LogP contribution in [-0.2, 0) is 14.8 Å². The van der Waals surface area contributed by atoms with E-state index in [0.717, 1.165) is 10.6 Å². The summed E-state index contributed by atoms with van der Waals surface area (Å²) < 4.78 is 43.1. The number of hydrazone groups is 1. The standard InChI is InChI=1S/C17H18FN3O4S/c1-25-16-6-4-3-5-15(16)21(26(2,23)24)12-17(22)20-19-11-13-7-9-14(18)10-8-13/h3-11H,12H2,1-2H3,(H,20,22)/b19-11-. The molecule has 26 heavy (non-hydrogen) atoms. The second-order valence-corrected chi connectivity index (χ2v) is 7.19. The van der Waals surface area contributed by atoms with Crippen LogP contribution in [0.25, 0.3) is 0 Å². The molecule has 2 aromatic carbocycles. The fourth-order valence-electron chi connectivity index (χ4n) is 2.11. The minimum atomic E-state index is -3.73. The number of nitrogens with zero attached hydrogens (tertiary/aromatic N) is 2. The van der Waals surface area contributed by atoms with Crippen molar-refractivity contribution in [3.63, 3.8) is 0 Å². The monoisotopic (exact) mass is 379 g/mol. The summed E-state index contributed by atoms with van der Waals surface area (Å²) in [6, 6.07) is 12.0. The largest absolute Gasteiger partial charge is 0.495 e. The van der Waals surface area contributed by atoms with Crippen molar-refractivity contribution in [3.8, 4) is 5.75 Å². The Morgan fingerprint density at radius 2 is 1.88 bits per heavy atom. The number of amides is 1. The van der Waals surface area contributed by atoms with Gasteiger partial charge in [-0.05, 0) is 29.8 Å². The van der Waals surface area contributed by atoms with E-state index in [1.165, 1.54) is 43.7 Å². The Kier molecular flexibility index (Phi) is 6.29. The SMILES string of the molecule is COc1ccccc1N(CC(=O)N/N=C\c1ccc(F)cc1)S(C)(=O)=O. The lowest BCUT2D eigenvalue weighted by atomic mass is 10.2. The van der Waals surface area contributed by atoms with Crippen molar-refractivity contribution in [2.24, 2.45) is 5.10 Å². The number of rotatable bonds is 7. The molecule has 0 aromatic heterocycles. The van der Waals surface area contributed by atoms with Crippen molar-refractivity contribution in [2.75, 3.05) is 24.2 Å². The normalized spacial score (nSPS) is 11.3. The van der Waals surface area contributed by atoms with Gasteiger partial charge >= 0.3 is 0 Å². The molecule has 0 radical (unpaired) electrons. The minimum absolute atomic E-state index is 0.246. The third-order valence-corrected chi connectivity index (χ3v) is 4.44. The second-order valence-electron chi connectivity index (χ2n) is 5.29. The van der Waals surface area contributed by atoms with Gasteiger partial charge in [0.2, 0.25) is 10.0 Å². The van der Waals surface area contributed by atoms with Gasteiger partial charge in [-0.2, -0.15) is 5.10 Å². The number of nitrogens with one attached hydrogen (secondary N) is 1. The summed E-state index contributed by atoms with van der Waals surface area (Å²) in [6.45, 7) is -0.472. The lowest BCUT2D eigenvalue weighted by Crippen LogP contribution is -2.39. The Hall–Kier alpha value is -2.94. The first kappa shape index (κ1) is 19.4. The van der Waals surface area contributed by atoms with Crippen LogP contribution < -0.4 is 14.5 Å². The number of hydrogen-bond donors (Lipinski definition) is 1. The third-order valence-electron chi connectivity index (χ3n) is 3.31.